The van der Waals surface area contributed by atoms with Crippen molar-refractivity contribution in [1.29, 1.82) is 0 Å². The van der Waals surface area contributed by atoms with Gasteiger partial charge in [0.2, 0.25) is 5.43 Å². The first-order valence-electron chi connectivity index (χ1n) is 10.1. The number of ether oxygens (including phenoxy) is 1. The molecule has 162 valence electrons. The maximum atomic E-state index is 13.5. The summed E-state index contributed by atoms with van der Waals surface area (Å²) in [6.45, 7) is -3.10. The lowest BCUT2D eigenvalue weighted by molar-refractivity contribution is -0.0485. The first-order valence-corrected chi connectivity index (χ1v) is 11.0. The molecule has 6 nitrogen and oxygen atoms in total. The lowest BCUT2D eigenvalue weighted by Crippen LogP contribution is -2.17. The third kappa shape index (κ3) is 3.41. The maximum absolute atomic E-state index is 13.5. The molecule has 1 fully saturated rings. The summed E-state index contributed by atoms with van der Waals surface area (Å²) in [5.41, 5.74) is 7.50. The fraction of sp³-hybridized carbons (Fsp3) is 0.364. The smallest absolute Gasteiger partial charge is 0.387 e. The lowest BCUT2D eigenvalue weighted by atomic mass is 9.92. The first kappa shape index (κ1) is 20.1. The van der Waals surface area contributed by atoms with Gasteiger partial charge in [-0.2, -0.15) is 8.78 Å². The van der Waals surface area contributed by atoms with E-state index in [2.05, 4.69) is 4.98 Å². The number of carbonyl (C=O) groups is 1. The van der Waals surface area contributed by atoms with E-state index in [9.17, 15) is 23.5 Å². The van der Waals surface area contributed by atoms with Gasteiger partial charge in [-0.1, -0.05) is 0 Å². The number of pyridine rings is 1. The van der Waals surface area contributed by atoms with E-state index in [4.69, 9.17) is 10.5 Å². The number of aryl methyl sites for hydroxylation is 1. The number of aromatic carboxylic acids is 1. The van der Waals surface area contributed by atoms with Crippen molar-refractivity contribution in [2.75, 3.05) is 0 Å². The van der Waals surface area contributed by atoms with Crippen molar-refractivity contribution in [2.45, 2.75) is 50.7 Å². The summed E-state index contributed by atoms with van der Waals surface area (Å²) in [6.07, 6.45) is 5.52. The number of H-pyrrole nitrogens is 1. The quantitative estimate of drug-likeness (QED) is 0.524. The van der Waals surface area contributed by atoms with Crippen LogP contribution >= 0.6 is 11.3 Å². The van der Waals surface area contributed by atoms with Crippen molar-refractivity contribution in [1.82, 2.24) is 4.98 Å². The number of hydrogen-bond acceptors (Lipinski definition) is 5. The summed E-state index contributed by atoms with van der Waals surface area (Å²) in [4.78, 5) is 28.9. The van der Waals surface area contributed by atoms with Crippen LogP contribution in [0.4, 0.5) is 8.78 Å². The standard InChI is InChI=1S/C22H20F2N2O4S/c23-22(24)30-20-17(16-7-11-14(25)2-1-3-15(11)31-16)10(9-4-5-9)6-12-18(20)26-8-13(19(12)27)21(28)29/h6-9,14,22H,1-5,25H2,(H,26,27)(H,28,29). The van der Waals surface area contributed by atoms with Crippen molar-refractivity contribution in [2.24, 2.45) is 5.73 Å². The highest BCUT2D eigenvalue weighted by molar-refractivity contribution is 7.15. The average Bonchev–Trinajstić information content (AvgIpc) is 3.46. The minimum atomic E-state index is -3.10. The number of aromatic nitrogens is 1. The Hall–Kier alpha value is -2.78. The molecule has 0 saturated heterocycles. The van der Waals surface area contributed by atoms with Gasteiger partial charge in [0.05, 0.1) is 10.9 Å². The van der Waals surface area contributed by atoms with Crippen molar-refractivity contribution < 1.29 is 23.4 Å². The second-order valence-corrected chi connectivity index (χ2v) is 9.21. The van der Waals surface area contributed by atoms with Crippen LogP contribution in [0.3, 0.4) is 0 Å². The van der Waals surface area contributed by atoms with E-state index in [0.717, 1.165) is 59.2 Å². The Balaban J connectivity index is 1.83. The van der Waals surface area contributed by atoms with E-state index in [1.54, 1.807) is 6.07 Å². The van der Waals surface area contributed by atoms with E-state index >= 15 is 0 Å². The molecule has 31 heavy (non-hydrogen) atoms. The van der Waals surface area contributed by atoms with Crippen molar-refractivity contribution in [3.05, 3.63) is 50.1 Å². The van der Waals surface area contributed by atoms with Crippen LogP contribution in [0.2, 0.25) is 0 Å². The average molecular weight is 446 g/mol. The molecule has 2 heterocycles. The monoisotopic (exact) mass is 446 g/mol. The van der Waals surface area contributed by atoms with E-state index in [1.165, 1.54) is 11.3 Å². The van der Waals surface area contributed by atoms with Crippen molar-refractivity contribution >= 4 is 28.2 Å². The van der Waals surface area contributed by atoms with Gasteiger partial charge in [-0.05, 0) is 61.3 Å². The van der Waals surface area contributed by atoms with Crippen LogP contribution < -0.4 is 15.9 Å². The topological polar surface area (TPSA) is 105 Å². The Kier molecular flexibility index (Phi) is 4.82. The molecular weight excluding hydrogens is 426 g/mol. The number of benzene rings is 1. The van der Waals surface area contributed by atoms with Gasteiger partial charge in [0, 0.05) is 27.6 Å². The molecule has 0 spiro atoms. The summed E-state index contributed by atoms with van der Waals surface area (Å²) < 4.78 is 31.9. The summed E-state index contributed by atoms with van der Waals surface area (Å²) in [6, 6.07) is 3.51. The number of fused-ring (bicyclic) bond motifs is 2. The molecule has 2 aromatic heterocycles. The van der Waals surface area contributed by atoms with E-state index in [1.807, 2.05) is 6.07 Å². The molecule has 2 aliphatic rings. The number of alkyl halides is 2. The Morgan fingerprint density at radius 1 is 1.26 bits per heavy atom. The third-order valence-electron chi connectivity index (χ3n) is 6.02. The number of aromatic amines is 1. The van der Waals surface area contributed by atoms with E-state index < -0.39 is 23.6 Å². The SMILES string of the molecule is NC1CCCc2sc(-c3c(C4CC4)cc4c(=O)c(C(=O)O)c[nH]c4c3OC(F)F)cc21. The zero-order valence-corrected chi connectivity index (χ0v) is 17.2. The van der Waals surface area contributed by atoms with Gasteiger partial charge in [0.15, 0.2) is 5.75 Å². The van der Waals surface area contributed by atoms with Gasteiger partial charge in [-0.25, -0.2) is 4.79 Å². The predicted octanol–water partition coefficient (Wildman–Crippen LogP) is 4.77. The fourth-order valence-electron chi connectivity index (χ4n) is 4.41. The molecule has 1 atom stereocenters. The van der Waals surface area contributed by atoms with Crippen LogP contribution in [-0.4, -0.2) is 22.7 Å². The molecule has 2 aliphatic carbocycles. The number of nitrogens with two attached hydrogens (primary N) is 1. The molecule has 1 saturated carbocycles. The highest BCUT2D eigenvalue weighted by atomic mass is 32.1. The summed E-state index contributed by atoms with van der Waals surface area (Å²) in [5.74, 6) is -1.38. The number of rotatable bonds is 5. The zero-order chi connectivity index (χ0) is 21.9. The van der Waals surface area contributed by atoms with Crippen molar-refractivity contribution in [3.8, 4) is 16.2 Å². The number of halogens is 2. The Morgan fingerprint density at radius 2 is 2.03 bits per heavy atom. The molecule has 0 bridgehead atoms. The highest BCUT2D eigenvalue weighted by Gasteiger charge is 2.33. The number of nitrogens with one attached hydrogen (secondary N) is 1. The third-order valence-corrected chi connectivity index (χ3v) is 7.25. The molecule has 0 aliphatic heterocycles. The number of carboxylic acid groups (broad SMARTS) is 1. The molecule has 3 aromatic rings. The normalized spacial score (nSPS) is 18.4. The van der Waals surface area contributed by atoms with Crippen LogP contribution in [0.1, 0.15) is 64.0 Å². The minimum Gasteiger partial charge on any atom is -0.477 e. The maximum Gasteiger partial charge on any atom is 0.387 e. The zero-order valence-electron chi connectivity index (χ0n) is 16.4. The molecule has 5 rings (SSSR count). The second kappa shape index (κ2) is 7.42. The van der Waals surface area contributed by atoms with Gasteiger partial charge in [0.1, 0.15) is 5.56 Å². The van der Waals surface area contributed by atoms with Gasteiger partial charge in [0.25, 0.3) is 0 Å². The molecular formula is C22H20F2N2O4S. The Morgan fingerprint density at radius 3 is 2.68 bits per heavy atom. The van der Waals surface area contributed by atoms with Gasteiger partial charge >= 0.3 is 12.6 Å². The summed E-state index contributed by atoms with van der Waals surface area (Å²) in [7, 11) is 0. The summed E-state index contributed by atoms with van der Waals surface area (Å²) in [5, 5.41) is 9.34. The minimum absolute atomic E-state index is 0.0409. The Labute approximate surface area is 179 Å². The van der Waals surface area contributed by atoms with Crippen LogP contribution in [0.25, 0.3) is 21.3 Å². The predicted molar refractivity (Wildman–Crippen MR) is 113 cm³/mol. The van der Waals surface area contributed by atoms with E-state index in [0.29, 0.717) is 5.56 Å². The molecule has 0 amide bonds. The van der Waals surface area contributed by atoms with Crippen LogP contribution in [-0.2, 0) is 6.42 Å². The number of carboxylic acids is 1. The van der Waals surface area contributed by atoms with Gasteiger partial charge in [-0.3, -0.25) is 4.79 Å². The first-order chi connectivity index (χ1) is 14.8. The van der Waals surface area contributed by atoms with Crippen molar-refractivity contribution in [3.63, 3.8) is 0 Å². The fourth-order valence-corrected chi connectivity index (χ4v) is 5.74. The molecule has 1 unspecified atom stereocenters. The number of thiophene rings is 1. The Bertz CT molecular complexity index is 1260. The molecule has 9 heteroatoms. The second-order valence-electron chi connectivity index (χ2n) is 8.07. The van der Waals surface area contributed by atoms with Crippen LogP contribution in [0.5, 0.6) is 5.75 Å². The lowest BCUT2D eigenvalue weighted by Gasteiger charge is -2.17. The van der Waals surface area contributed by atoms with Crippen LogP contribution in [0.15, 0.2) is 23.1 Å². The summed E-state index contributed by atoms with van der Waals surface area (Å²) >= 11 is 1.52. The number of hydrogen-bond donors (Lipinski definition) is 3. The largest absolute Gasteiger partial charge is 0.477 e. The van der Waals surface area contributed by atoms with E-state index in [-0.39, 0.29) is 28.6 Å². The molecule has 0 radical (unpaired) electrons. The molecule has 1 aromatic carbocycles. The van der Waals surface area contributed by atoms with Gasteiger partial charge < -0.3 is 20.6 Å². The van der Waals surface area contributed by atoms with Crippen LogP contribution in [0, 0.1) is 0 Å². The molecule has 4 N–H and O–H groups in total. The highest BCUT2D eigenvalue weighted by Crippen LogP contribution is 2.52. The van der Waals surface area contributed by atoms with Gasteiger partial charge in [-0.15, -0.1) is 11.3 Å².